The summed E-state index contributed by atoms with van der Waals surface area (Å²) in [6.07, 6.45) is 3.58. The van der Waals surface area contributed by atoms with Crippen molar-refractivity contribution in [1.82, 2.24) is 0 Å². The highest BCUT2D eigenvalue weighted by Crippen LogP contribution is 2.45. The van der Waals surface area contributed by atoms with E-state index < -0.39 is 0 Å². The summed E-state index contributed by atoms with van der Waals surface area (Å²) in [6, 6.07) is 7.91. The molecule has 0 bridgehead atoms. The van der Waals surface area contributed by atoms with Crippen LogP contribution < -0.4 is 10.2 Å². The Bertz CT molecular complexity index is 894. The second-order valence-electron chi connectivity index (χ2n) is 6.05. The minimum atomic E-state index is -0.273. The predicted molar refractivity (Wildman–Crippen MR) is 97.2 cm³/mol. The Morgan fingerprint density at radius 3 is 2.84 bits per heavy atom. The SMILES string of the molecule is CCOC(=O)c1sc(Oc2ccc(C)cc2)c2c1CCC1=C2[NH2+]N=C1. The van der Waals surface area contributed by atoms with Crippen molar-refractivity contribution >= 4 is 29.2 Å². The summed E-state index contributed by atoms with van der Waals surface area (Å²) in [5.41, 5.74) is 7.31. The molecular weight excluding hydrogens is 336 g/mol. The summed E-state index contributed by atoms with van der Waals surface area (Å²) in [5, 5.41) is 5.02. The quantitative estimate of drug-likeness (QED) is 0.676. The number of quaternary nitrogens is 1. The zero-order valence-corrected chi connectivity index (χ0v) is 15.0. The van der Waals surface area contributed by atoms with Crippen molar-refractivity contribution in [2.45, 2.75) is 26.7 Å². The molecule has 1 aliphatic carbocycles. The molecule has 1 aromatic carbocycles. The number of fused-ring (bicyclic) bond motifs is 2. The predicted octanol–water partition coefficient (Wildman–Crippen LogP) is 3.25. The third-order valence-corrected chi connectivity index (χ3v) is 5.45. The number of nitrogens with zero attached hydrogens (tertiary/aromatic N) is 1. The molecule has 2 aromatic rings. The number of thiophene rings is 1. The minimum absolute atomic E-state index is 0.273. The average Bonchev–Trinajstić information content (AvgIpc) is 3.21. The fourth-order valence-electron chi connectivity index (χ4n) is 3.14. The van der Waals surface area contributed by atoms with Crippen LogP contribution in [0.2, 0.25) is 0 Å². The van der Waals surface area contributed by atoms with E-state index in [0.717, 1.165) is 40.5 Å². The summed E-state index contributed by atoms with van der Waals surface area (Å²) < 4.78 is 11.4. The Morgan fingerprint density at radius 1 is 1.28 bits per heavy atom. The van der Waals surface area contributed by atoms with Crippen molar-refractivity contribution < 1.29 is 19.7 Å². The number of rotatable bonds is 4. The lowest BCUT2D eigenvalue weighted by Gasteiger charge is -2.13. The molecule has 1 aliphatic heterocycles. The van der Waals surface area contributed by atoms with E-state index >= 15 is 0 Å². The highest BCUT2D eigenvalue weighted by atomic mass is 32.1. The van der Waals surface area contributed by atoms with Crippen LogP contribution in [0.15, 0.2) is 34.9 Å². The van der Waals surface area contributed by atoms with Gasteiger partial charge in [0.1, 0.15) is 10.6 Å². The van der Waals surface area contributed by atoms with E-state index in [4.69, 9.17) is 9.47 Å². The number of ether oxygens (including phenoxy) is 2. The van der Waals surface area contributed by atoms with Crippen LogP contribution in [0.5, 0.6) is 10.8 Å². The number of hydrogen-bond donors (Lipinski definition) is 1. The van der Waals surface area contributed by atoms with E-state index in [-0.39, 0.29) is 5.97 Å². The summed E-state index contributed by atoms with van der Waals surface area (Å²) in [5.74, 6) is 0.488. The van der Waals surface area contributed by atoms with Gasteiger partial charge < -0.3 is 9.47 Å². The molecule has 0 saturated heterocycles. The number of carbonyl (C=O) groups excluding carboxylic acids is 1. The molecule has 4 rings (SSSR count). The van der Waals surface area contributed by atoms with Gasteiger partial charge in [0.05, 0.1) is 18.4 Å². The lowest BCUT2D eigenvalue weighted by atomic mass is 9.91. The van der Waals surface area contributed by atoms with Gasteiger partial charge in [0.25, 0.3) is 0 Å². The van der Waals surface area contributed by atoms with Crippen molar-refractivity contribution in [3.8, 4) is 10.8 Å². The number of hydrogen-bond acceptors (Lipinski definition) is 5. The Hall–Kier alpha value is -2.44. The third-order valence-electron chi connectivity index (χ3n) is 4.36. The molecule has 2 N–H and O–H groups in total. The monoisotopic (exact) mass is 355 g/mol. The zero-order chi connectivity index (χ0) is 17.4. The first-order valence-corrected chi connectivity index (χ1v) is 9.16. The van der Waals surface area contributed by atoms with Crippen LogP contribution in [0.4, 0.5) is 0 Å². The van der Waals surface area contributed by atoms with E-state index in [9.17, 15) is 4.79 Å². The van der Waals surface area contributed by atoms with Crippen LogP contribution in [0.25, 0.3) is 5.70 Å². The molecule has 128 valence electrons. The van der Waals surface area contributed by atoms with E-state index in [1.54, 1.807) is 0 Å². The maximum Gasteiger partial charge on any atom is 0.348 e. The Balaban J connectivity index is 1.78. The van der Waals surface area contributed by atoms with Gasteiger partial charge in [-0.3, -0.25) is 0 Å². The zero-order valence-electron chi connectivity index (χ0n) is 14.2. The van der Waals surface area contributed by atoms with E-state index in [2.05, 4.69) is 5.10 Å². The van der Waals surface area contributed by atoms with Crippen molar-refractivity contribution in [3.05, 3.63) is 51.4 Å². The van der Waals surface area contributed by atoms with Crippen molar-refractivity contribution in [2.75, 3.05) is 6.61 Å². The largest absolute Gasteiger partial charge is 0.462 e. The highest BCUT2D eigenvalue weighted by molar-refractivity contribution is 7.16. The first kappa shape index (κ1) is 16.1. The fourth-order valence-corrected chi connectivity index (χ4v) is 4.27. The first-order chi connectivity index (χ1) is 12.2. The van der Waals surface area contributed by atoms with E-state index in [1.165, 1.54) is 22.5 Å². The summed E-state index contributed by atoms with van der Waals surface area (Å²) in [7, 11) is 0. The summed E-state index contributed by atoms with van der Waals surface area (Å²) in [6.45, 7) is 4.22. The maximum absolute atomic E-state index is 12.4. The molecule has 0 spiro atoms. The molecule has 0 saturated carbocycles. The standard InChI is InChI=1S/C19H18N2O3S/c1-3-23-18(22)17-14-9-6-12-10-20-21-16(12)15(14)19(25-17)24-13-7-4-11(2)5-8-13/h4-5,7-8,10H,3,6,9H2,1-2H3,(H,20,21)/p+1. The Labute approximate surface area is 150 Å². The van der Waals surface area contributed by atoms with Crippen molar-refractivity contribution in [3.63, 3.8) is 0 Å². The second-order valence-corrected chi connectivity index (χ2v) is 7.04. The number of nitrogens with two attached hydrogens (primary N) is 1. The topological polar surface area (TPSA) is 64.5 Å². The normalized spacial score (nSPS) is 15.1. The molecule has 0 radical (unpaired) electrons. The van der Waals surface area contributed by atoms with Gasteiger partial charge in [-0.05, 0) is 44.4 Å². The lowest BCUT2D eigenvalue weighted by molar-refractivity contribution is -0.565. The van der Waals surface area contributed by atoms with Gasteiger partial charge in [-0.25, -0.2) is 4.79 Å². The molecule has 0 atom stereocenters. The molecule has 0 amide bonds. The van der Waals surface area contributed by atoms with Gasteiger partial charge in [-0.2, -0.15) is 5.43 Å². The van der Waals surface area contributed by atoms with Gasteiger partial charge in [0.2, 0.25) is 0 Å². The molecule has 0 unspecified atom stereocenters. The van der Waals surface area contributed by atoms with Crippen LogP contribution in [-0.2, 0) is 11.2 Å². The molecular formula is C19H19N2O3S+. The Kier molecular flexibility index (Phi) is 4.15. The maximum atomic E-state index is 12.4. The summed E-state index contributed by atoms with van der Waals surface area (Å²) in [4.78, 5) is 13.0. The summed E-state index contributed by atoms with van der Waals surface area (Å²) >= 11 is 1.36. The highest BCUT2D eigenvalue weighted by Gasteiger charge is 2.35. The lowest BCUT2D eigenvalue weighted by Crippen LogP contribution is -2.73. The molecule has 25 heavy (non-hydrogen) atoms. The van der Waals surface area contributed by atoms with Gasteiger partial charge >= 0.3 is 5.97 Å². The molecule has 0 fully saturated rings. The third kappa shape index (κ3) is 2.88. The number of allylic oxidation sites excluding steroid dienone is 1. The number of esters is 1. The first-order valence-electron chi connectivity index (χ1n) is 8.34. The smallest absolute Gasteiger partial charge is 0.348 e. The molecule has 1 aromatic heterocycles. The second kappa shape index (κ2) is 6.46. The Morgan fingerprint density at radius 2 is 2.08 bits per heavy atom. The van der Waals surface area contributed by atoms with Crippen LogP contribution in [0, 0.1) is 6.92 Å². The number of carbonyl (C=O) groups is 1. The van der Waals surface area contributed by atoms with Crippen LogP contribution in [0.3, 0.4) is 0 Å². The molecule has 6 heteroatoms. The molecule has 5 nitrogen and oxygen atoms in total. The molecule has 2 aliphatic rings. The van der Waals surface area contributed by atoms with Gasteiger partial charge in [0, 0.05) is 5.57 Å². The van der Waals surface area contributed by atoms with E-state index in [0.29, 0.717) is 11.5 Å². The average molecular weight is 355 g/mol. The van der Waals surface area contributed by atoms with Crippen LogP contribution in [-0.4, -0.2) is 18.8 Å². The van der Waals surface area contributed by atoms with Crippen molar-refractivity contribution in [2.24, 2.45) is 5.10 Å². The van der Waals surface area contributed by atoms with Crippen LogP contribution in [0.1, 0.15) is 39.7 Å². The van der Waals surface area contributed by atoms with Gasteiger partial charge in [-0.1, -0.05) is 34.1 Å². The number of aryl methyl sites for hydroxylation is 1. The molecule has 2 heterocycles. The van der Waals surface area contributed by atoms with E-state index in [1.807, 2.05) is 49.8 Å². The van der Waals surface area contributed by atoms with Crippen LogP contribution >= 0.6 is 11.3 Å². The van der Waals surface area contributed by atoms with Crippen molar-refractivity contribution in [1.29, 1.82) is 0 Å². The fraction of sp³-hybridized carbons (Fsp3) is 0.263. The minimum Gasteiger partial charge on any atom is -0.462 e. The van der Waals surface area contributed by atoms with Gasteiger partial charge in [0.15, 0.2) is 10.8 Å². The number of benzene rings is 1. The van der Waals surface area contributed by atoms with Gasteiger partial charge in [-0.15, -0.1) is 0 Å².